The van der Waals surface area contributed by atoms with Crippen molar-refractivity contribution in [1.29, 1.82) is 0 Å². The van der Waals surface area contributed by atoms with Crippen molar-refractivity contribution in [3.8, 4) is 0 Å². The van der Waals surface area contributed by atoms with E-state index >= 15 is 4.79 Å². The molecule has 3 amide bonds. The second-order valence-corrected chi connectivity index (χ2v) is 22.7. The number of nitrogens with zero attached hydrogens (tertiary/aromatic N) is 3. The molecule has 6 atom stereocenters. The summed E-state index contributed by atoms with van der Waals surface area (Å²) in [5.41, 5.74) is -1.21. The number of pyridine rings is 1. The van der Waals surface area contributed by atoms with Crippen LogP contribution in [0, 0.1) is 44.8 Å². The quantitative estimate of drug-likeness (QED) is 0.193. The first kappa shape index (κ1) is 43.7. The Bertz CT molecular complexity index is 2230. The number of allylic oxidation sites excluding steroid dienone is 1. The first-order valence-corrected chi connectivity index (χ1v) is 24.2. The normalized spacial score (nSPS) is 29.2. The van der Waals surface area contributed by atoms with Crippen molar-refractivity contribution in [2.24, 2.45) is 44.8 Å². The van der Waals surface area contributed by atoms with Gasteiger partial charge in [-0.1, -0.05) is 84.6 Å². The fourth-order valence-electron chi connectivity index (χ4n) is 12.6. The largest absolute Gasteiger partial charge is 0.342 e. The molecule has 330 valence electrons. The molecule has 3 heterocycles. The lowest BCUT2D eigenvalue weighted by atomic mass is 9.73. The van der Waals surface area contributed by atoms with Crippen molar-refractivity contribution >= 4 is 50.4 Å². The van der Waals surface area contributed by atoms with Gasteiger partial charge in [0.05, 0.1) is 28.6 Å². The average molecular weight is 856 g/mol. The molecule has 2 saturated heterocycles. The Hall–Kier alpha value is -3.97. The van der Waals surface area contributed by atoms with Crippen LogP contribution >= 0.6 is 0 Å². The lowest BCUT2D eigenvalue weighted by molar-refractivity contribution is -0.146. The highest BCUT2D eigenvalue weighted by Gasteiger charge is 2.85. The lowest BCUT2D eigenvalue weighted by Crippen LogP contribution is -2.51. The van der Waals surface area contributed by atoms with Gasteiger partial charge in [0.15, 0.2) is 11.6 Å². The molecule has 1 aromatic heterocycles. The maximum Gasteiger partial charge on any atom is 0.303 e. The predicted molar refractivity (Wildman–Crippen MR) is 233 cm³/mol. The molecule has 0 unspecified atom stereocenters. The zero-order valence-corrected chi connectivity index (χ0v) is 37.6. The number of carbonyl (C=O) groups excluding carboxylic acids is 5. The Kier molecular flexibility index (Phi) is 11.2. The van der Waals surface area contributed by atoms with Crippen LogP contribution in [0.15, 0.2) is 49.2 Å². The van der Waals surface area contributed by atoms with Crippen LogP contribution < -0.4 is 10.0 Å². The number of carbonyl (C=O) groups is 5. The van der Waals surface area contributed by atoms with Crippen molar-refractivity contribution in [2.45, 2.75) is 137 Å². The molecule has 6 fully saturated rings. The summed E-state index contributed by atoms with van der Waals surface area (Å²) in [6.07, 6.45) is 12.8. The second-order valence-electron chi connectivity index (χ2n) is 21.1. The van der Waals surface area contributed by atoms with E-state index in [2.05, 4.69) is 35.4 Å². The van der Waals surface area contributed by atoms with Crippen LogP contribution in [0.1, 0.15) is 135 Å². The maximum atomic E-state index is 15.4. The Balaban J connectivity index is 1.06. The smallest absolute Gasteiger partial charge is 0.303 e. The van der Waals surface area contributed by atoms with E-state index in [1.54, 1.807) is 17.0 Å². The number of hydrogen-bond acceptors (Lipinski definition) is 8. The van der Waals surface area contributed by atoms with Crippen LogP contribution in [0.25, 0.3) is 10.9 Å². The van der Waals surface area contributed by atoms with E-state index in [-0.39, 0.29) is 64.3 Å². The minimum Gasteiger partial charge on any atom is -0.342 e. The topological polar surface area (TPSA) is 163 Å². The molecular weight excluding hydrogens is 791 g/mol. The number of likely N-dealkylation sites (tertiary alicyclic amines) is 1. The minimum atomic E-state index is -4.07. The molecular formula is C48H65N5O7S. The van der Waals surface area contributed by atoms with Gasteiger partial charge < -0.3 is 10.2 Å². The zero-order valence-electron chi connectivity index (χ0n) is 36.8. The van der Waals surface area contributed by atoms with Gasteiger partial charge >= 0.3 is 10.2 Å². The van der Waals surface area contributed by atoms with Crippen LogP contribution in [0.2, 0.25) is 0 Å². The van der Waals surface area contributed by atoms with Gasteiger partial charge in [0.2, 0.25) is 11.8 Å². The maximum absolute atomic E-state index is 15.4. The third kappa shape index (κ3) is 7.36. The number of benzene rings is 1. The molecule has 2 spiro atoms. The van der Waals surface area contributed by atoms with Crippen molar-refractivity contribution in [3.05, 3.63) is 54.7 Å². The van der Waals surface area contributed by atoms with Crippen LogP contribution in [0.4, 0.5) is 0 Å². The standard InChI is InChI=1S/C48H65N5O7S/c1-7-34-26-46(34,43(58)51-61(59,60)52-22-13-14-23-52)28-39(55)37-27-48(45(5,6)47(48)20-15-21-47)30-53(37)42(57)35(44(2,3)4)25-38(54)40(31-16-9-8-10-17-31)50-41(56)33-24-32-18-11-12-19-36(32)49-29-33/h7,11-12,18-19,24,29,31,34-35,37,40H,1,8-10,13-17,20-23,25-28,30H2,2-6H3,(H,50,56)(H,51,58)/t34-,35-,37+,40+,46-,48-/m1/s1. The summed E-state index contributed by atoms with van der Waals surface area (Å²) in [5, 5.41) is 3.93. The van der Waals surface area contributed by atoms with Crippen molar-refractivity contribution < 1.29 is 32.4 Å². The molecule has 1 aromatic carbocycles. The minimum absolute atomic E-state index is 0.0106. The molecule has 4 aliphatic carbocycles. The van der Waals surface area contributed by atoms with Crippen molar-refractivity contribution in [2.75, 3.05) is 19.6 Å². The van der Waals surface area contributed by atoms with E-state index in [1.165, 1.54) is 10.5 Å². The van der Waals surface area contributed by atoms with Crippen molar-refractivity contribution in [3.63, 3.8) is 0 Å². The van der Waals surface area contributed by atoms with Gasteiger partial charge in [0.1, 0.15) is 0 Å². The zero-order chi connectivity index (χ0) is 43.8. The number of para-hydroxylation sites is 1. The van der Waals surface area contributed by atoms with Crippen LogP contribution in [0.3, 0.4) is 0 Å². The van der Waals surface area contributed by atoms with E-state index in [0.29, 0.717) is 38.0 Å². The number of hydrogen-bond donors (Lipinski definition) is 2. The summed E-state index contributed by atoms with van der Waals surface area (Å²) >= 11 is 0. The molecule has 4 saturated carbocycles. The monoisotopic (exact) mass is 855 g/mol. The molecule has 61 heavy (non-hydrogen) atoms. The highest BCUT2D eigenvalue weighted by atomic mass is 32.2. The van der Waals surface area contributed by atoms with Crippen molar-refractivity contribution in [1.82, 2.24) is 24.2 Å². The molecule has 2 N–H and O–H groups in total. The van der Waals surface area contributed by atoms with Gasteiger partial charge in [-0.25, -0.2) is 4.72 Å². The number of Topliss-reactive ketones (excluding diaryl/α,β-unsaturated/α-hetero) is 2. The molecule has 2 aromatic rings. The fourth-order valence-corrected chi connectivity index (χ4v) is 13.9. The summed E-state index contributed by atoms with van der Waals surface area (Å²) in [7, 11) is -4.07. The summed E-state index contributed by atoms with van der Waals surface area (Å²) in [5.74, 6) is -3.02. The first-order chi connectivity index (χ1) is 28.8. The Morgan fingerprint density at radius 3 is 2.25 bits per heavy atom. The van der Waals surface area contributed by atoms with Crippen LogP contribution in [-0.2, 0) is 29.4 Å². The van der Waals surface area contributed by atoms with E-state index in [9.17, 15) is 27.6 Å². The molecule has 2 aliphatic heterocycles. The van der Waals surface area contributed by atoms with Gasteiger partial charge in [0.25, 0.3) is 5.91 Å². The SMILES string of the molecule is C=C[C@@H]1C[C@]1(CC(=O)[C@@H]1C[C@@]2(CN1C(=O)[C@@H](CC(=O)[C@@H](NC(=O)c1cnc3ccccc3c1)C1CCCCC1)C(C)(C)C)C(C)(C)C21CCC1)C(=O)NS(=O)(=O)N1CCCC1. The highest BCUT2D eigenvalue weighted by Crippen LogP contribution is 2.88. The predicted octanol–water partition coefficient (Wildman–Crippen LogP) is 6.94. The number of nitrogens with one attached hydrogen (secondary N) is 2. The van der Waals surface area contributed by atoms with Gasteiger partial charge in [-0.15, -0.1) is 6.58 Å². The average Bonchev–Trinajstić information content (AvgIpc) is 3.67. The number of ketones is 2. The summed E-state index contributed by atoms with van der Waals surface area (Å²) in [4.78, 5) is 79.1. The Labute approximate surface area is 361 Å². The third-order valence-corrected chi connectivity index (χ3v) is 18.3. The molecule has 13 heteroatoms. The summed E-state index contributed by atoms with van der Waals surface area (Å²) in [6, 6.07) is 7.73. The third-order valence-electron chi connectivity index (χ3n) is 16.8. The van der Waals surface area contributed by atoms with E-state index < -0.39 is 44.9 Å². The number of rotatable bonds is 14. The van der Waals surface area contributed by atoms with Gasteiger partial charge in [-0.2, -0.15) is 12.7 Å². The number of amides is 3. The molecule has 0 bridgehead atoms. The van der Waals surface area contributed by atoms with Crippen LogP contribution in [-0.4, -0.2) is 83.6 Å². The molecule has 8 rings (SSSR count). The van der Waals surface area contributed by atoms with E-state index in [1.807, 2.05) is 45.0 Å². The van der Waals surface area contributed by atoms with Gasteiger partial charge in [0, 0.05) is 55.4 Å². The molecule has 6 aliphatic rings. The van der Waals surface area contributed by atoms with Gasteiger partial charge in [-0.3, -0.25) is 29.0 Å². The summed E-state index contributed by atoms with van der Waals surface area (Å²) in [6.45, 7) is 15.3. The van der Waals surface area contributed by atoms with Crippen LogP contribution in [0.5, 0.6) is 0 Å². The number of fused-ring (bicyclic) bond motifs is 2. The Morgan fingerprint density at radius 2 is 1.64 bits per heavy atom. The van der Waals surface area contributed by atoms with Gasteiger partial charge in [-0.05, 0) is 91.6 Å². The lowest BCUT2D eigenvalue weighted by Gasteiger charge is -2.37. The molecule has 12 nitrogen and oxygen atoms in total. The fraction of sp³-hybridized carbons (Fsp3) is 0.667. The van der Waals surface area contributed by atoms with E-state index in [4.69, 9.17) is 0 Å². The molecule has 0 radical (unpaired) electrons. The Morgan fingerprint density at radius 1 is 0.951 bits per heavy atom. The summed E-state index contributed by atoms with van der Waals surface area (Å²) < 4.78 is 30.0. The number of aromatic nitrogens is 1. The first-order valence-electron chi connectivity index (χ1n) is 22.8. The second kappa shape index (κ2) is 15.7. The highest BCUT2D eigenvalue weighted by molar-refractivity contribution is 7.87. The van der Waals surface area contributed by atoms with E-state index in [0.717, 1.165) is 75.1 Å².